The molecule has 0 radical (unpaired) electrons. The molecule has 2 aromatic carbocycles. The lowest BCUT2D eigenvalue weighted by Crippen LogP contribution is -2.31. The molecule has 0 bridgehead atoms. The van der Waals surface area contributed by atoms with E-state index in [1.165, 1.54) is 23.4 Å². The monoisotopic (exact) mass is 477 g/mol. The molecule has 4 heterocycles. The Morgan fingerprint density at radius 3 is 2.67 bits per heavy atom. The second kappa shape index (κ2) is 8.98. The SMILES string of the molecule is [C-]#[N+]c1ccc(-c2cc3n(c2)Cc2cc(N4CC[C@@H](N(C)C)C4)ccc2-n2c(CNC)cnc2-3)cc1. The van der Waals surface area contributed by atoms with Gasteiger partial charge in [0.05, 0.1) is 29.8 Å². The summed E-state index contributed by atoms with van der Waals surface area (Å²) in [4.78, 5) is 13.3. The molecule has 1 atom stereocenters. The number of fused-ring (bicyclic) bond motifs is 5. The molecular weight excluding hydrogens is 446 g/mol. The maximum atomic E-state index is 7.25. The standard InChI is InChI=1S/C29H31N7/c1-30-15-26-16-32-29-28-14-21(20-5-7-23(31-2)8-6-20)17-35(28)18-22-13-24(9-10-27(22)36(26)29)34-12-11-25(19-34)33(3)4/h5-10,13-14,16-17,25,30H,11-12,15,18-19H2,1,3-4H3/t25-/m1/s1. The Hall–Kier alpha value is -3.86. The number of imidazole rings is 1. The smallest absolute Gasteiger partial charge is 0.187 e. The summed E-state index contributed by atoms with van der Waals surface area (Å²) >= 11 is 0. The molecule has 0 spiro atoms. The first-order valence-corrected chi connectivity index (χ1v) is 12.5. The second-order valence-electron chi connectivity index (χ2n) is 10.0. The fourth-order valence-electron chi connectivity index (χ4n) is 5.55. The van der Waals surface area contributed by atoms with Gasteiger partial charge in [-0.15, -0.1) is 0 Å². The van der Waals surface area contributed by atoms with Crippen molar-refractivity contribution in [2.75, 3.05) is 39.1 Å². The van der Waals surface area contributed by atoms with Gasteiger partial charge >= 0.3 is 0 Å². The summed E-state index contributed by atoms with van der Waals surface area (Å²) in [5.74, 6) is 0.963. The van der Waals surface area contributed by atoms with Crippen molar-refractivity contribution in [3.05, 3.63) is 83.6 Å². The molecule has 0 saturated carbocycles. The summed E-state index contributed by atoms with van der Waals surface area (Å²) in [5.41, 5.74) is 8.94. The predicted octanol–water partition coefficient (Wildman–Crippen LogP) is 4.78. The number of nitrogens with zero attached hydrogens (tertiary/aromatic N) is 6. The van der Waals surface area contributed by atoms with Gasteiger partial charge in [0, 0.05) is 49.7 Å². The summed E-state index contributed by atoms with van der Waals surface area (Å²) in [6.45, 7) is 10.9. The third-order valence-electron chi connectivity index (χ3n) is 7.55. The van der Waals surface area contributed by atoms with Gasteiger partial charge < -0.3 is 19.7 Å². The van der Waals surface area contributed by atoms with E-state index in [4.69, 9.17) is 11.6 Å². The zero-order chi connectivity index (χ0) is 24.8. The van der Waals surface area contributed by atoms with Crippen molar-refractivity contribution in [1.82, 2.24) is 24.3 Å². The van der Waals surface area contributed by atoms with E-state index in [-0.39, 0.29) is 0 Å². The molecule has 1 N–H and O–H groups in total. The van der Waals surface area contributed by atoms with Gasteiger partial charge in [0.25, 0.3) is 0 Å². The van der Waals surface area contributed by atoms with Gasteiger partial charge in [0.1, 0.15) is 0 Å². The van der Waals surface area contributed by atoms with E-state index in [0.717, 1.165) is 54.5 Å². The number of hydrogen-bond donors (Lipinski definition) is 1. The highest BCUT2D eigenvalue weighted by Gasteiger charge is 2.27. The third kappa shape index (κ3) is 3.79. The van der Waals surface area contributed by atoms with E-state index in [1.54, 1.807) is 0 Å². The van der Waals surface area contributed by atoms with Crippen molar-refractivity contribution in [2.45, 2.75) is 25.6 Å². The van der Waals surface area contributed by atoms with Crippen LogP contribution in [-0.4, -0.2) is 59.3 Å². The average molecular weight is 478 g/mol. The van der Waals surface area contributed by atoms with Crippen LogP contribution in [-0.2, 0) is 13.1 Å². The first-order valence-electron chi connectivity index (χ1n) is 12.5. The fraction of sp³-hybridized carbons (Fsp3) is 0.310. The normalized spacial score (nSPS) is 16.4. The fourth-order valence-corrected chi connectivity index (χ4v) is 5.55. The van der Waals surface area contributed by atoms with Gasteiger partial charge in [-0.05, 0) is 63.0 Å². The average Bonchev–Trinajstić information content (AvgIpc) is 3.62. The van der Waals surface area contributed by atoms with E-state index in [1.807, 2.05) is 37.5 Å². The Kier molecular flexibility index (Phi) is 5.63. The topological polar surface area (TPSA) is 45.6 Å². The van der Waals surface area contributed by atoms with Gasteiger partial charge in [0.15, 0.2) is 11.5 Å². The predicted molar refractivity (Wildman–Crippen MR) is 145 cm³/mol. The molecule has 2 aromatic heterocycles. The van der Waals surface area contributed by atoms with Crippen LogP contribution in [0.4, 0.5) is 11.4 Å². The number of rotatable bonds is 5. The van der Waals surface area contributed by atoms with E-state index < -0.39 is 0 Å². The Balaban J connectivity index is 1.45. The lowest BCUT2D eigenvalue weighted by molar-refractivity contribution is 0.315. The number of nitrogens with one attached hydrogen (secondary N) is 1. The Bertz CT molecular complexity index is 1450. The Labute approximate surface area is 212 Å². The molecule has 2 aliphatic heterocycles. The van der Waals surface area contributed by atoms with Crippen LogP contribution in [0.3, 0.4) is 0 Å². The van der Waals surface area contributed by atoms with Crippen LogP contribution in [0.2, 0.25) is 0 Å². The minimum Gasteiger partial charge on any atom is -0.370 e. The molecule has 0 amide bonds. The van der Waals surface area contributed by atoms with Gasteiger partial charge in [-0.3, -0.25) is 4.57 Å². The highest BCUT2D eigenvalue weighted by molar-refractivity contribution is 5.73. The number of anilines is 1. The lowest BCUT2D eigenvalue weighted by atomic mass is 10.1. The van der Waals surface area contributed by atoms with Crippen molar-refractivity contribution in [3.8, 4) is 28.3 Å². The quantitative estimate of drug-likeness (QED) is 0.370. The number of likely N-dealkylation sites (N-methyl/N-ethyl adjacent to an activating group) is 1. The Morgan fingerprint density at radius 1 is 1.11 bits per heavy atom. The van der Waals surface area contributed by atoms with Crippen LogP contribution >= 0.6 is 0 Å². The summed E-state index contributed by atoms with van der Waals surface area (Å²) in [6.07, 6.45) is 5.40. The van der Waals surface area contributed by atoms with Crippen molar-refractivity contribution in [3.63, 3.8) is 0 Å². The molecule has 7 heteroatoms. The first kappa shape index (κ1) is 22.6. The van der Waals surface area contributed by atoms with Crippen LogP contribution in [0.5, 0.6) is 0 Å². The maximum absolute atomic E-state index is 7.25. The minimum atomic E-state index is 0.596. The van der Waals surface area contributed by atoms with Gasteiger partial charge in [0.2, 0.25) is 0 Å². The van der Waals surface area contributed by atoms with Crippen LogP contribution in [0, 0.1) is 6.57 Å². The largest absolute Gasteiger partial charge is 0.370 e. The van der Waals surface area contributed by atoms with Crippen LogP contribution in [0.1, 0.15) is 17.7 Å². The van der Waals surface area contributed by atoms with Crippen LogP contribution in [0.25, 0.3) is 33.2 Å². The minimum absolute atomic E-state index is 0.596. The molecule has 182 valence electrons. The summed E-state index contributed by atoms with van der Waals surface area (Å²) in [7, 11) is 6.33. The Morgan fingerprint density at radius 2 is 1.94 bits per heavy atom. The van der Waals surface area contributed by atoms with Gasteiger partial charge in [-0.2, -0.15) is 0 Å². The zero-order valence-electron chi connectivity index (χ0n) is 21.1. The molecule has 6 rings (SSSR count). The van der Waals surface area contributed by atoms with E-state index in [0.29, 0.717) is 11.7 Å². The molecule has 4 aromatic rings. The molecular formula is C29H31N7. The first-order chi connectivity index (χ1) is 17.6. The maximum Gasteiger partial charge on any atom is 0.187 e. The molecule has 1 fully saturated rings. The molecule has 36 heavy (non-hydrogen) atoms. The van der Waals surface area contributed by atoms with E-state index in [9.17, 15) is 0 Å². The lowest BCUT2D eigenvalue weighted by Gasteiger charge is -2.23. The zero-order valence-corrected chi connectivity index (χ0v) is 21.1. The summed E-state index contributed by atoms with van der Waals surface area (Å²) < 4.78 is 4.63. The van der Waals surface area contributed by atoms with E-state index in [2.05, 4.69) is 73.7 Å². The number of benzene rings is 2. The van der Waals surface area contributed by atoms with Crippen molar-refractivity contribution in [1.29, 1.82) is 0 Å². The molecule has 2 aliphatic rings. The summed E-state index contributed by atoms with van der Waals surface area (Å²) in [6, 6.07) is 17.6. The third-order valence-corrected chi connectivity index (χ3v) is 7.55. The van der Waals surface area contributed by atoms with Crippen LogP contribution < -0.4 is 10.2 Å². The van der Waals surface area contributed by atoms with E-state index >= 15 is 0 Å². The highest BCUT2D eigenvalue weighted by Crippen LogP contribution is 2.37. The molecule has 7 nitrogen and oxygen atoms in total. The second-order valence-corrected chi connectivity index (χ2v) is 10.0. The van der Waals surface area contributed by atoms with Crippen molar-refractivity contribution < 1.29 is 0 Å². The van der Waals surface area contributed by atoms with Crippen molar-refractivity contribution in [2.24, 2.45) is 0 Å². The molecule has 1 saturated heterocycles. The molecule has 0 unspecified atom stereocenters. The van der Waals surface area contributed by atoms with Gasteiger partial charge in [-0.25, -0.2) is 9.83 Å². The van der Waals surface area contributed by atoms with Crippen LogP contribution in [0.15, 0.2) is 60.9 Å². The number of hydrogen-bond acceptors (Lipinski definition) is 4. The van der Waals surface area contributed by atoms with Gasteiger partial charge in [-0.1, -0.05) is 24.3 Å². The highest BCUT2D eigenvalue weighted by atomic mass is 15.2. The molecule has 0 aliphatic carbocycles. The number of aromatic nitrogens is 3. The summed E-state index contributed by atoms with van der Waals surface area (Å²) in [5, 5.41) is 3.30. The van der Waals surface area contributed by atoms with Crippen molar-refractivity contribution >= 4 is 11.4 Å².